The van der Waals surface area contributed by atoms with E-state index in [1.54, 1.807) is 11.3 Å². The lowest BCUT2D eigenvalue weighted by molar-refractivity contribution is 0.102. The molecule has 4 rings (SSSR count). The van der Waals surface area contributed by atoms with Crippen molar-refractivity contribution >= 4 is 44.7 Å². The fourth-order valence-electron chi connectivity index (χ4n) is 2.48. The number of amides is 1. The van der Waals surface area contributed by atoms with Gasteiger partial charge in [0, 0.05) is 11.3 Å². The van der Waals surface area contributed by atoms with Crippen LogP contribution in [0, 0.1) is 6.92 Å². The Kier molecular flexibility index (Phi) is 3.99. The number of hydrogen-bond acceptors (Lipinski definition) is 4. The number of nitrogens with zero attached hydrogens (tertiary/aromatic N) is 2. The minimum absolute atomic E-state index is 0.243. The Balaban J connectivity index is 1.57. The second-order valence-electron chi connectivity index (χ2n) is 5.61. The monoisotopic (exact) mass is 368 g/mol. The Morgan fingerprint density at radius 3 is 2.72 bits per heavy atom. The van der Waals surface area contributed by atoms with Crippen molar-refractivity contribution in [1.82, 2.24) is 15.2 Å². The van der Waals surface area contributed by atoms with Crippen LogP contribution in [0.4, 0.5) is 5.69 Å². The number of halogens is 1. The van der Waals surface area contributed by atoms with Crippen LogP contribution in [-0.2, 0) is 0 Å². The molecule has 7 heteroatoms. The first kappa shape index (κ1) is 15.8. The van der Waals surface area contributed by atoms with Gasteiger partial charge in [-0.15, -0.1) is 11.3 Å². The molecular weight excluding hydrogens is 356 g/mol. The Morgan fingerprint density at radius 1 is 1.20 bits per heavy atom. The van der Waals surface area contributed by atoms with Gasteiger partial charge in [-0.25, -0.2) is 4.98 Å². The van der Waals surface area contributed by atoms with Crippen molar-refractivity contribution in [2.75, 3.05) is 5.32 Å². The molecule has 2 aromatic carbocycles. The van der Waals surface area contributed by atoms with Gasteiger partial charge in [-0.05, 0) is 48.9 Å². The van der Waals surface area contributed by atoms with Crippen molar-refractivity contribution in [3.05, 3.63) is 64.9 Å². The number of carbonyl (C=O) groups excluding carboxylic acids is 1. The van der Waals surface area contributed by atoms with Gasteiger partial charge in [0.25, 0.3) is 5.91 Å². The number of aromatic amines is 1. The summed E-state index contributed by atoms with van der Waals surface area (Å²) in [6.07, 6.45) is 1.40. The number of thiazole rings is 1. The van der Waals surface area contributed by atoms with Gasteiger partial charge in [-0.3, -0.25) is 9.89 Å². The van der Waals surface area contributed by atoms with E-state index in [9.17, 15) is 4.79 Å². The number of benzene rings is 2. The fourth-order valence-corrected chi connectivity index (χ4v) is 3.72. The number of anilines is 1. The third-order valence-corrected chi connectivity index (χ3v) is 5.11. The van der Waals surface area contributed by atoms with Crippen LogP contribution >= 0.6 is 22.9 Å². The normalized spacial score (nSPS) is 11.0. The smallest absolute Gasteiger partial charge is 0.275 e. The van der Waals surface area contributed by atoms with Gasteiger partial charge < -0.3 is 5.32 Å². The quantitative estimate of drug-likeness (QED) is 0.540. The molecule has 2 aromatic heterocycles. The topological polar surface area (TPSA) is 70.7 Å². The van der Waals surface area contributed by atoms with Crippen LogP contribution in [0.25, 0.3) is 20.8 Å². The van der Waals surface area contributed by atoms with Gasteiger partial charge in [0.05, 0.1) is 21.4 Å². The summed E-state index contributed by atoms with van der Waals surface area (Å²) in [5.74, 6) is -0.328. The molecule has 0 aliphatic rings. The lowest BCUT2D eigenvalue weighted by Crippen LogP contribution is -2.12. The van der Waals surface area contributed by atoms with E-state index in [0.29, 0.717) is 10.7 Å². The first-order chi connectivity index (χ1) is 12.1. The molecule has 2 N–H and O–H groups in total. The number of nitrogens with one attached hydrogen (secondary N) is 2. The zero-order valence-electron chi connectivity index (χ0n) is 13.2. The van der Waals surface area contributed by atoms with Gasteiger partial charge in [0.15, 0.2) is 0 Å². The maximum absolute atomic E-state index is 12.1. The van der Waals surface area contributed by atoms with Crippen LogP contribution in [0.1, 0.15) is 16.1 Å². The molecule has 124 valence electrons. The van der Waals surface area contributed by atoms with Gasteiger partial charge in [-0.1, -0.05) is 17.7 Å². The number of hydrogen-bond donors (Lipinski definition) is 2. The van der Waals surface area contributed by atoms with E-state index in [1.807, 2.05) is 30.3 Å². The van der Waals surface area contributed by atoms with Crippen LogP contribution in [0.2, 0.25) is 5.02 Å². The largest absolute Gasteiger partial charge is 0.321 e. The van der Waals surface area contributed by atoms with Crippen LogP contribution in [0.3, 0.4) is 0 Å². The standard InChI is InChI=1S/C18H13ClN4OS/c1-10-2-7-14-15(8-10)25-18(22-14)11-3-5-12(6-4-11)21-17(24)16-13(19)9-20-23-16/h2-9H,1H3,(H,20,23)(H,21,24). The Bertz CT molecular complexity index is 1070. The van der Waals surface area contributed by atoms with Gasteiger partial charge in [0.1, 0.15) is 10.7 Å². The number of fused-ring (bicyclic) bond motifs is 1. The fraction of sp³-hybridized carbons (Fsp3) is 0.0556. The minimum atomic E-state index is -0.328. The minimum Gasteiger partial charge on any atom is -0.321 e. The first-order valence-electron chi connectivity index (χ1n) is 7.58. The van der Waals surface area contributed by atoms with Crippen LogP contribution < -0.4 is 5.32 Å². The number of aromatic nitrogens is 3. The summed E-state index contributed by atoms with van der Waals surface area (Å²) in [4.78, 5) is 16.8. The molecule has 25 heavy (non-hydrogen) atoms. The van der Waals surface area contributed by atoms with Crippen molar-refractivity contribution in [3.8, 4) is 10.6 Å². The molecule has 0 radical (unpaired) electrons. The highest BCUT2D eigenvalue weighted by molar-refractivity contribution is 7.21. The third kappa shape index (κ3) is 3.14. The summed E-state index contributed by atoms with van der Waals surface area (Å²) in [7, 11) is 0. The van der Waals surface area contributed by atoms with E-state index < -0.39 is 0 Å². The predicted molar refractivity (Wildman–Crippen MR) is 101 cm³/mol. The Hall–Kier alpha value is -2.70. The molecule has 4 aromatic rings. The van der Waals surface area contributed by atoms with Crippen LogP contribution in [0.15, 0.2) is 48.7 Å². The second kappa shape index (κ2) is 6.31. The van der Waals surface area contributed by atoms with Crippen molar-refractivity contribution in [3.63, 3.8) is 0 Å². The summed E-state index contributed by atoms with van der Waals surface area (Å²) < 4.78 is 1.17. The van der Waals surface area contributed by atoms with Crippen LogP contribution in [-0.4, -0.2) is 21.1 Å². The maximum atomic E-state index is 12.1. The number of rotatable bonds is 3. The maximum Gasteiger partial charge on any atom is 0.275 e. The van der Waals surface area contributed by atoms with Crippen molar-refractivity contribution in [2.45, 2.75) is 6.92 Å². The zero-order valence-corrected chi connectivity index (χ0v) is 14.8. The molecular formula is C18H13ClN4OS. The molecule has 5 nitrogen and oxygen atoms in total. The third-order valence-electron chi connectivity index (χ3n) is 3.75. The lowest BCUT2D eigenvalue weighted by Gasteiger charge is -2.04. The second-order valence-corrected chi connectivity index (χ2v) is 7.05. The molecule has 0 aliphatic carbocycles. The Morgan fingerprint density at radius 2 is 2.00 bits per heavy atom. The number of aryl methyl sites for hydroxylation is 1. The highest BCUT2D eigenvalue weighted by Crippen LogP contribution is 2.31. The summed E-state index contributed by atoms with van der Waals surface area (Å²) >= 11 is 7.55. The molecule has 2 heterocycles. The van der Waals surface area contributed by atoms with E-state index in [-0.39, 0.29) is 11.6 Å². The van der Waals surface area contributed by atoms with Gasteiger partial charge in [-0.2, -0.15) is 5.10 Å². The highest BCUT2D eigenvalue weighted by Gasteiger charge is 2.13. The average molecular weight is 369 g/mol. The average Bonchev–Trinajstić information content (AvgIpc) is 3.21. The van der Waals surface area contributed by atoms with E-state index in [2.05, 4.69) is 39.6 Å². The van der Waals surface area contributed by atoms with Gasteiger partial charge >= 0.3 is 0 Å². The predicted octanol–water partition coefficient (Wildman–Crippen LogP) is 4.90. The van der Waals surface area contributed by atoms with Crippen LogP contribution in [0.5, 0.6) is 0 Å². The molecule has 0 saturated heterocycles. The number of H-pyrrole nitrogens is 1. The molecule has 0 saturated carbocycles. The first-order valence-corrected chi connectivity index (χ1v) is 8.77. The summed E-state index contributed by atoms with van der Waals surface area (Å²) in [5, 5.41) is 10.4. The van der Waals surface area contributed by atoms with E-state index in [4.69, 9.17) is 11.6 Å². The molecule has 0 aliphatic heterocycles. The molecule has 0 unspecified atom stereocenters. The summed E-state index contributed by atoms with van der Waals surface area (Å²) in [6, 6.07) is 13.8. The van der Waals surface area contributed by atoms with E-state index in [0.717, 1.165) is 16.1 Å². The number of carbonyl (C=O) groups is 1. The van der Waals surface area contributed by atoms with Crippen molar-refractivity contribution < 1.29 is 4.79 Å². The Labute approximate surface area is 152 Å². The SMILES string of the molecule is Cc1ccc2nc(-c3ccc(NC(=O)c4[nH]ncc4Cl)cc3)sc2c1. The molecule has 1 amide bonds. The van der Waals surface area contributed by atoms with E-state index >= 15 is 0 Å². The van der Waals surface area contributed by atoms with Crippen molar-refractivity contribution in [2.24, 2.45) is 0 Å². The van der Waals surface area contributed by atoms with Crippen molar-refractivity contribution in [1.29, 1.82) is 0 Å². The molecule has 0 spiro atoms. The molecule has 0 fully saturated rings. The van der Waals surface area contributed by atoms with Gasteiger partial charge in [0.2, 0.25) is 0 Å². The highest BCUT2D eigenvalue weighted by atomic mass is 35.5. The summed E-state index contributed by atoms with van der Waals surface area (Å²) in [5.41, 5.74) is 4.15. The lowest BCUT2D eigenvalue weighted by atomic mass is 10.2. The molecule has 0 atom stereocenters. The zero-order chi connectivity index (χ0) is 17.4. The van der Waals surface area contributed by atoms with E-state index in [1.165, 1.54) is 16.5 Å². The summed E-state index contributed by atoms with van der Waals surface area (Å²) in [6.45, 7) is 2.07. The molecule has 0 bridgehead atoms.